The lowest BCUT2D eigenvalue weighted by Gasteiger charge is -2.16. The fraction of sp³-hybridized carbons (Fsp3) is 0.200. The Bertz CT molecular complexity index is 578. The van der Waals surface area contributed by atoms with Crippen molar-refractivity contribution >= 4 is 11.6 Å². The zero-order valence-electron chi connectivity index (χ0n) is 11.1. The molecule has 0 aliphatic heterocycles. The molecular formula is C15H17N3O. The molecule has 1 heterocycles. The molecule has 1 atom stereocenters. The van der Waals surface area contributed by atoms with Gasteiger partial charge in [0.2, 0.25) is 0 Å². The Labute approximate surface area is 112 Å². The van der Waals surface area contributed by atoms with Crippen molar-refractivity contribution in [3.63, 3.8) is 0 Å². The van der Waals surface area contributed by atoms with Gasteiger partial charge in [0.25, 0.3) is 5.91 Å². The van der Waals surface area contributed by atoms with Gasteiger partial charge in [-0.15, -0.1) is 0 Å². The standard InChI is InChI=1S/C15H17N3O/c1-10-7-8-12(9-17-10)15(19)18-11(2)13-5-3-4-6-14(13)16/h3-9,11H,16H2,1-2H3,(H,18,19). The van der Waals surface area contributed by atoms with Crippen LogP contribution in [-0.2, 0) is 0 Å². The first-order valence-corrected chi connectivity index (χ1v) is 6.16. The molecule has 0 radical (unpaired) electrons. The van der Waals surface area contributed by atoms with E-state index in [0.717, 1.165) is 11.3 Å². The van der Waals surface area contributed by atoms with Crippen molar-refractivity contribution in [2.24, 2.45) is 0 Å². The number of hydrogen-bond acceptors (Lipinski definition) is 3. The van der Waals surface area contributed by atoms with Gasteiger partial charge < -0.3 is 11.1 Å². The molecule has 2 rings (SSSR count). The van der Waals surface area contributed by atoms with E-state index in [2.05, 4.69) is 10.3 Å². The van der Waals surface area contributed by atoms with Crippen molar-refractivity contribution in [2.45, 2.75) is 19.9 Å². The summed E-state index contributed by atoms with van der Waals surface area (Å²) >= 11 is 0. The van der Waals surface area contributed by atoms with Gasteiger partial charge in [-0.1, -0.05) is 18.2 Å². The smallest absolute Gasteiger partial charge is 0.253 e. The number of aromatic nitrogens is 1. The number of rotatable bonds is 3. The summed E-state index contributed by atoms with van der Waals surface area (Å²) in [6.07, 6.45) is 1.58. The molecule has 3 N–H and O–H groups in total. The van der Waals surface area contributed by atoms with E-state index >= 15 is 0 Å². The average Bonchev–Trinajstić information content (AvgIpc) is 2.39. The highest BCUT2D eigenvalue weighted by Gasteiger charge is 2.13. The normalized spacial score (nSPS) is 11.9. The van der Waals surface area contributed by atoms with Crippen molar-refractivity contribution in [2.75, 3.05) is 5.73 Å². The highest BCUT2D eigenvalue weighted by molar-refractivity contribution is 5.94. The summed E-state index contributed by atoms with van der Waals surface area (Å²) in [6.45, 7) is 3.79. The van der Waals surface area contributed by atoms with Gasteiger partial charge in [-0.3, -0.25) is 9.78 Å². The highest BCUT2D eigenvalue weighted by Crippen LogP contribution is 2.19. The summed E-state index contributed by atoms with van der Waals surface area (Å²) < 4.78 is 0. The number of amides is 1. The maximum absolute atomic E-state index is 12.1. The minimum absolute atomic E-state index is 0.144. The van der Waals surface area contributed by atoms with Crippen molar-refractivity contribution in [3.05, 3.63) is 59.4 Å². The summed E-state index contributed by atoms with van der Waals surface area (Å²) in [5, 5.41) is 2.91. The molecule has 1 unspecified atom stereocenters. The lowest BCUT2D eigenvalue weighted by molar-refractivity contribution is 0.0939. The van der Waals surface area contributed by atoms with Crippen LogP contribution >= 0.6 is 0 Å². The van der Waals surface area contributed by atoms with E-state index in [1.807, 2.05) is 44.2 Å². The van der Waals surface area contributed by atoms with Gasteiger partial charge in [0.05, 0.1) is 11.6 Å². The molecule has 0 saturated carbocycles. The van der Waals surface area contributed by atoms with Crippen LogP contribution in [0.1, 0.15) is 34.6 Å². The molecule has 0 saturated heterocycles. The number of nitrogen functional groups attached to an aromatic ring is 1. The van der Waals surface area contributed by atoms with Crippen LogP contribution in [0.15, 0.2) is 42.6 Å². The average molecular weight is 255 g/mol. The lowest BCUT2D eigenvalue weighted by Crippen LogP contribution is -2.27. The topological polar surface area (TPSA) is 68.0 Å². The van der Waals surface area contributed by atoms with E-state index in [-0.39, 0.29) is 11.9 Å². The fourth-order valence-electron chi connectivity index (χ4n) is 1.87. The monoisotopic (exact) mass is 255 g/mol. The first-order valence-electron chi connectivity index (χ1n) is 6.16. The first kappa shape index (κ1) is 13.1. The van der Waals surface area contributed by atoms with Crippen LogP contribution in [0.5, 0.6) is 0 Å². The molecule has 1 amide bonds. The quantitative estimate of drug-likeness (QED) is 0.828. The zero-order valence-corrected chi connectivity index (χ0v) is 11.1. The summed E-state index contributed by atoms with van der Waals surface area (Å²) in [4.78, 5) is 16.2. The molecule has 2 aromatic rings. The van der Waals surface area contributed by atoms with Crippen LogP contribution in [0.3, 0.4) is 0 Å². The minimum atomic E-state index is -0.150. The van der Waals surface area contributed by atoms with Crippen molar-refractivity contribution < 1.29 is 4.79 Å². The Balaban J connectivity index is 2.11. The molecular weight excluding hydrogens is 238 g/mol. The van der Waals surface area contributed by atoms with Crippen molar-refractivity contribution in [1.29, 1.82) is 0 Å². The third kappa shape index (κ3) is 3.10. The molecule has 4 nitrogen and oxygen atoms in total. The summed E-state index contributed by atoms with van der Waals surface area (Å²) in [7, 11) is 0. The molecule has 19 heavy (non-hydrogen) atoms. The molecule has 0 fully saturated rings. The Hall–Kier alpha value is -2.36. The van der Waals surface area contributed by atoms with Gasteiger partial charge in [0.15, 0.2) is 0 Å². The molecule has 0 aliphatic carbocycles. The Kier molecular flexibility index (Phi) is 3.80. The lowest BCUT2D eigenvalue weighted by atomic mass is 10.1. The van der Waals surface area contributed by atoms with Crippen LogP contribution in [-0.4, -0.2) is 10.9 Å². The molecule has 0 bridgehead atoms. The summed E-state index contributed by atoms with van der Waals surface area (Å²) in [6, 6.07) is 10.9. The molecule has 1 aromatic heterocycles. The van der Waals surface area contributed by atoms with Crippen LogP contribution < -0.4 is 11.1 Å². The number of pyridine rings is 1. The molecule has 1 aromatic carbocycles. The maximum atomic E-state index is 12.1. The molecule has 98 valence electrons. The first-order chi connectivity index (χ1) is 9.08. The SMILES string of the molecule is Cc1ccc(C(=O)NC(C)c2ccccc2N)cn1. The Morgan fingerprint density at radius 2 is 2.00 bits per heavy atom. The number of nitrogens with one attached hydrogen (secondary N) is 1. The Morgan fingerprint density at radius 3 is 2.63 bits per heavy atom. The van der Waals surface area contributed by atoms with Gasteiger partial charge in [-0.2, -0.15) is 0 Å². The highest BCUT2D eigenvalue weighted by atomic mass is 16.1. The predicted octanol–water partition coefficient (Wildman–Crippen LogP) is 2.46. The van der Waals surface area contributed by atoms with Gasteiger partial charge in [-0.05, 0) is 37.6 Å². The minimum Gasteiger partial charge on any atom is -0.398 e. The van der Waals surface area contributed by atoms with Crippen molar-refractivity contribution in [1.82, 2.24) is 10.3 Å². The Morgan fingerprint density at radius 1 is 1.26 bits per heavy atom. The third-order valence-electron chi connectivity index (χ3n) is 2.98. The largest absolute Gasteiger partial charge is 0.398 e. The van der Waals surface area contributed by atoms with E-state index in [0.29, 0.717) is 11.3 Å². The van der Waals surface area contributed by atoms with E-state index < -0.39 is 0 Å². The fourth-order valence-corrected chi connectivity index (χ4v) is 1.87. The number of nitrogens with zero attached hydrogens (tertiary/aromatic N) is 1. The summed E-state index contributed by atoms with van der Waals surface area (Å²) in [5.74, 6) is -0.150. The second-order valence-electron chi connectivity index (χ2n) is 4.51. The predicted molar refractivity (Wildman–Crippen MR) is 75.7 cm³/mol. The second-order valence-corrected chi connectivity index (χ2v) is 4.51. The molecule has 0 aliphatic rings. The van der Waals surface area contributed by atoms with E-state index in [1.54, 1.807) is 12.3 Å². The van der Waals surface area contributed by atoms with Gasteiger partial charge in [0, 0.05) is 17.6 Å². The number of carbonyl (C=O) groups excluding carboxylic acids is 1. The van der Waals surface area contributed by atoms with Gasteiger partial charge >= 0.3 is 0 Å². The van der Waals surface area contributed by atoms with E-state index in [1.165, 1.54) is 0 Å². The van der Waals surface area contributed by atoms with Crippen LogP contribution in [0, 0.1) is 6.92 Å². The maximum Gasteiger partial charge on any atom is 0.253 e. The number of hydrogen-bond donors (Lipinski definition) is 2. The van der Waals surface area contributed by atoms with Crippen LogP contribution in [0.4, 0.5) is 5.69 Å². The summed E-state index contributed by atoms with van der Waals surface area (Å²) in [5.41, 5.74) is 8.92. The van der Waals surface area contributed by atoms with E-state index in [9.17, 15) is 4.79 Å². The number of para-hydroxylation sites is 1. The van der Waals surface area contributed by atoms with Gasteiger partial charge in [0.1, 0.15) is 0 Å². The van der Waals surface area contributed by atoms with Crippen LogP contribution in [0.25, 0.3) is 0 Å². The second kappa shape index (κ2) is 5.52. The number of anilines is 1. The number of benzene rings is 1. The van der Waals surface area contributed by atoms with Crippen molar-refractivity contribution in [3.8, 4) is 0 Å². The molecule has 4 heteroatoms. The number of carbonyl (C=O) groups is 1. The number of nitrogens with two attached hydrogens (primary N) is 1. The third-order valence-corrected chi connectivity index (χ3v) is 2.98. The van der Waals surface area contributed by atoms with Crippen LogP contribution in [0.2, 0.25) is 0 Å². The van der Waals surface area contributed by atoms with Gasteiger partial charge in [-0.25, -0.2) is 0 Å². The zero-order chi connectivity index (χ0) is 13.8. The van der Waals surface area contributed by atoms with E-state index in [4.69, 9.17) is 5.73 Å². The number of aryl methyl sites for hydroxylation is 1. The molecule has 0 spiro atoms.